The topological polar surface area (TPSA) is 43.8 Å². The van der Waals surface area contributed by atoms with Gasteiger partial charge in [-0.05, 0) is 29.7 Å². The summed E-state index contributed by atoms with van der Waals surface area (Å²) >= 11 is 0. The fourth-order valence-electron chi connectivity index (χ4n) is 2.47. The third-order valence-corrected chi connectivity index (χ3v) is 3.74. The van der Waals surface area contributed by atoms with Crippen LogP contribution in [0.15, 0.2) is 54.9 Å². The van der Waals surface area contributed by atoms with Crippen molar-refractivity contribution in [3.63, 3.8) is 0 Å². The van der Waals surface area contributed by atoms with Gasteiger partial charge in [0.1, 0.15) is 0 Å². The van der Waals surface area contributed by atoms with Crippen LogP contribution in [-0.4, -0.2) is 9.55 Å². The molecule has 0 aliphatic carbocycles. The normalized spacial score (nSPS) is 12.7. The zero-order valence-corrected chi connectivity index (χ0v) is 11.7. The number of imidazole rings is 1. The van der Waals surface area contributed by atoms with Crippen molar-refractivity contribution < 1.29 is 0 Å². The Labute approximate surface area is 119 Å². The van der Waals surface area contributed by atoms with Crippen molar-refractivity contribution in [2.24, 2.45) is 5.73 Å². The van der Waals surface area contributed by atoms with Crippen molar-refractivity contribution in [1.82, 2.24) is 9.55 Å². The van der Waals surface area contributed by atoms with Crippen LogP contribution in [-0.2, 0) is 13.0 Å². The molecule has 102 valence electrons. The molecule has 0 amide bonds. The molecule has 3 nitrogen and oxygen atoms in total. The summed E-state index contributed by atoms with van der Waals surface area (Å²) in [5.74, 6) is 0. The number of nitrogens with two attached hydrogens (primary N) is 1. The minimum absolute atomic E-state index is 0.0153. The van der Waals surface area contributed by atoms with Crippen LogP contribution < -0.4 is 5.73 Å². The van der Waals surface area contributed by atoms with Gasteiger partial charge in [0.15, 0.2) is 0 Å². The molecule has 0 spiro atoms. The van der Waals surface area contributed by atoms with E-state index in [2.05, 4.69) is 46.8 Å². The first-order valence-corrected chi connectivity index (χ1v) is 7.02. The van der Waals surface area contributed by atoms with Gasteiger partial charge in [-0.2, -0.15) is 0 Å². The number of aryl methyl sites for hydroxylation is 1. The maximum Gasteiger partial charge on any atom is 0.0958 e. The summed E-state index contributed by atoms with van der Waals surface area (Å²) in [5.41, 5.74) is 11.0. The van der Waals surface area contributed by atoms with Gasteiger partial charge in [-0.15, -0.1) is 0 Å². The van der Waals surface area contributed by atoms with Gasteiger partial charge in [-0.3, -0.25) is 0 Å². The van der Waals surface area contributed by atoms with Gasteiger partial charge >= 0.3 is 0 Å². The summed E-state index contributed by atoms with van der Waals surface area (Å²) in [6.07, 6.45) is 2.92. The molecule has 20 heavy (non-hydrogen) atoms. The molecule has 3 aromatic rings. The first-order valence-electron chi connectivity index (χ1n) is 7.02. The van der Waals surface area contributed by atoms with E-state index in [0.717, 1.165) is 24.0 Å². The van der Waals surface area contributed by atoms with Crippen LogP contribution in [0.5, 0.6) is 0 Å². The smallest absolute Gasteiger partial charge is 0.0958 e. The van der Waals surface area contributed by atoms with Gasteiger partial charge < -0.3 is 10.3 Å². The first kappa shape index (κ1) is 12.9. The third kappa shape index (κ3) is 2.45. The number of hydrogen-bond acceptors (Lipinski definition) is 2. The highest BCUT2D eigenvalue weighted by Gasteiger charge is 2.09. The monoisotopic (exact) mass is 265 g/mol. The minimum Gasteiger partial charge on any atom is -0.329 e. The van der Waals surface area contributed by atoms with Crippen LogP contribution >= 0.6 is 0 Å². The van der Waals surface area contributed by atoms with Gasteiger partial charge in [-0.25, -0.2) is 4.98 Å². The lowest BCUT2D eigenvalue weighted by atomic mass is 10.0. The van der Waals surface area contributed by atoms with Crippen LogP contribution in [0.2, 0.25) is 0 Å². The Bertz CT molecular complexity index is 698. The predicted octanol–water partition coefficient (Wildman–Crippen LogP) is 3.30. The van der Waals surface area contributed by atoms with E-state index in [-0.39, 0.29) is 6.04 Å². The average Bonchev–Trinajstić information content (AvgIpc) is 2.91. The number of fused-ring (bicyclic) bond motifs is 1. The van der Waals surface area contributed by atoms with Gasteiger partial charge in [0.2, 0.25) is 0 Å². The van der Waals surface area contributed by atoms with Crippen LogP contribution in [0.1, 0.15) is 24.1 Å². The van der Waals surface area contributed by atoms with E-state index >= 15 is 0 Å². The molecule has 0 aliphatic rings. The minimum atomic E-state index is -0.0153. The number of para-hydroxylation sites is 2. The second-order valence-electron chi connectivity index (χ2n) is 5.09. The molecule has 3 rings (SSSR count). The molecule has 0 saturated heterocycles. The molecule has 3 heteroatoms. The zero-order valence-electron chi connectivity index (χ0n) is 11.7. The van der Waals surface area contributed by atoms with E-state index in [4.69, 9.17) is 5.73 Å². The second kappa shape index (κ2) is 5.47. The fourth-order valence-corrected chi connectivity index (χ4v) is 2.47. The Morgan fingerprint density at radius 2 is 1.85 bits per heavy atom. The van der Waals surface area contributed by atoms with E-state index < -0.39 is 0 Å². The van der Waals surface area contributed by atoms with Crippen LogP contribution in [0.3, 0.4) is 0 Å². The zero-order chi connectivity index (χ0) is 13.9. The molecule has 0 saturated carbocycles. The lowest BCUT2D eigenvalue weighted by Crippen LogP contribution is -2.17. The third-order valence-electron chi connectivity index (χ3n) is 3.74. The maximum atomic E-state index is 6.32. The van der Waals surface area contributed by atoms with Gasteiger partial charge in [0.25, 0.3) is 0 Å². The molecule has 1 atom stereocenters. The molecule has 0 bridgehead atoms. The summed E-state index contributed by atoms with van der Waals surface area (Å²) in [7, 11) is 0. The first-order chi connectivity index (χ1) is 9.78. The lowest BCUT2D eigenvalue weighted by Gasteiger charge is -2.14. The number of rotatable bonds is 4. The van der Waals surface area contributed by atoms with Crippen molar-refractivity contribution in [3.05, 3.63) is 66.0 Å². The molecule has 2 N–H and O–H groups in total. The number of aromatic nitrogens is 2. The Morgan fingerprint density at radius 3 is 2.60 bits per heavy atom. The quantitative estimate of drug-likeness (QED) is 0.786. The molecule has 1 aromatic heterocycles. The van der Waals surface area contributed by atoms with Crippen LogP contribution in [0, 0.1) is 0 Å². The SMILES string of the molecule is CCc1ccc(C(N)Cn2cnc3ccccc32)cc1. The predicted molar refractivity (Wildman–Crippen MR) is 82.5 cm³/mol. The van der Waals surface area contributed by atoms with Crippen molar-refractivity contribution >= 4 is 11.0 Å². The maximum absolute atomic E-state index is 6.32. The van der Waals surface area contributed by atoms with Gasteiger partial charge in [-0.1, -0.05) is 43.3 Å². The van der Waals surface area contributed by atoms with E-state index in [1.165, 1.54) is 11.1 Å². The molecule has 0 radical (unpaired) electrons. The Kier molecular flexibility index (Phi) is 3.52. The molecule has 0 aliphatic heterocycles. The Balaban J connectivity index is 1.82. The second-order valence-corrected chi connectivity index (χ2v) is 5.09. The van der Waals surface area contributed by atoms with Gasteiger partial charge in [0.05, 0.1) is 17.4 Å². The summed E-state index contributed by atoms with van der Waals surface area (Å²) in [6, 6.07) is 16.7. The van der Waals surface area contributed by atoms with E-state index in [0.29, 0.717) is 0 Å². The highest BCUT2D eigenvalue weighted by Crippen LogP contribution is 2.18. The molecule has 1 heterocycles. The van der Waals surface area contributed by atoms with Crippen molar-refractivity contribution in [2.75, 3.05) is 0 Å². The van der Waals surface area contributed by atoms with E-state index in [1.807, 2.05) is 24.5 Å². The molecule has 1 unspecified atom stereocenters. The standard InChI is InChI=1S/C17H19N3/c1-2-13-7-9-14(10-8-13)15(18)11-20-12-19-16-5-3-4-6-17(16)20/h3-10,12,15H,2,11,18H2,1H3. The Hall–Kier alpha value is -2.13. The lowest BCUT2D eigenvalue weighted by molar-refractivity contribution is 0.588. The van der Waals surface area contributed by atoms with Crippen molar-refractivity contribution in [3.8, 4) is 0 Å². The van der Waals surface area contributed by atoms with E-state index in [9.17, 15) is 0 Å². The fraction of sp³-hybridized carbons (Fsp3) is 0.235. The largest absolute Gasteiger partial charge is 0.329 e. The number of hydrogen-bond donors (Lipinski definition) is 1. The molecule has 0 fully saturated rings. The van der Waals surface area contributed by atoms with Crippen molar-refractivity contribution in [1.29, 1.82) is 0 Å². The highest BCUT2D eigenvalue weighted by atomic mass is 15.1. The molecular formula is C17H19N3. The average molecular weight is 265 g/mol. The summed E-state index contributed by atoms with van der Waals surface area (Å²) < 4.78 is 2.12. The van der Waals surface area contributed by atoms with Crippen LogP contribution in [0.25, 0.3) is 11.0 Å². The number of benzene rings is 2. The van der Waals surface area contributed by atoms with Crippen LogP contribution in [0.4, 0.5) is 0 Å². The number of nitrogens with zero attached hydrogens (tertiary/aromatic N) is 2. The molecular weight excluding hydrogens is 246 g/mol. The van der Waals surface area contributed by atoms with E-state index in [1.54, 1.807) is 0 Å². The van der Waals surface area contributed by atoms with Gasteiger partial charge in [0, 0.05) is 12.6 Å². The Morgan fingerprint density at radius 1 is 1.10 bits per heavy atom. The highest BCUT2D eigenvalue weighted by molar-refractivity contribution is 5.74. The summed E-state index contributed by atoms with van der Waals surface area (Å²) in [6.45, 7) is 2.90. The molecule has 2 aromatic carbocycles. The van der Waals surface area contributed by atoms with Crippen molar-refractivity contribution in [2.45, 2.75) is 25.9 Å². The summed E-state index contributed by atoms with van der Waals surface area (Å²) in [4.78, 5) is 4.40. The summed E-state index contributed by atoms with van der Waals surface area (Å²) in [5, 5.41) is 0.